The van der Waals surface area contributed by atoms with E-state index in [1.807, 2.05) is 31.2 Å². The van der Waals surface area contributed by atoms with E-state index in [9.17, 15) is 10.1 Å². The second-order valence-electron chi connectivity index (χ2n) is 5.42. The molecular formula is C17H15IN2O. The summed E-state index contributed by atoms with van der Waals surface area (Å²) in [5, 5.41) is 12.8. The number of hydrogen-bond donors (Lipinski definition) is 1. The molecule has 2 atom stereocenters. The van der Waals surface area contributed by atoms with Crippen molar-refractivity contribution in [1.29, 1.82) is 5.26 Å². The van der Waals surface area contributed by atoms with Crippen molar-refractivity contribution < 1.29 is 4.79 Å². The number of fused-ring (bicyclic) bond motifs is 1. The average Bonchev–Trinajstić information content (AvgIpc) is 2.47. The molecule has 1 aromatic rings. The summed E-state index contributed by atoms with van der Waals surface area (Å²) in [5.74, 6) is -0.179. The molecule has 1 N–H and O–H groups in total. The first kappa shape index (κ1) is 14.3. The Morgan fingerprint density at radius 3 is 2.81 bits per heavy atom. The molecule has 21 heavy (non-hydrogen) atoms. The zero-order chi connectivity index (χ0) is 15.0. The maximum absolute atomic E-state index is 12.5. The molecule has 2 aliphatic rings. The van der Waals surface area contributed by atoms with E-state index in [1.54, 1.807) is 0 Å². The largest absolute Gasteiger partial charge is 0.361 e. The van der Waals surface area contributed by atoms with Crippen LogP contribution in [-0.4, -0.2) is 5.78 Å². The van der Waals surface area contributed by atoms with Crippen LogP contribution in [0.4, 0.5) is 0 Å². The third kappa shape index (κ3) is 2.40. The van der Waals surface area contributed by atoms with Gasteiger partial charge in [-0.3, -0.25) is 4.79 Å². The Balaban J connectivity index is 2.22. The lowest BCUT2D eigenvalue weighted by molar-refractivity contribution is -0.122. The second kappa shape index (κ2) is 5.64. The molecule has 3 nitrogen and oxygen atoms in total. The Kier molecular flexibility index (Phi) is 3.85. The summed E-state index contributed by atoms with van der Waals surface area (Å²) in [6.07, 6.45) is 3.45. The lowest BCUT2D eigenvalue weighted by Gasteiger charge is -2.37. The molecule has 1 aliphatic heterocycles. The molecular weight excluding hydrogens is 375 g/mol. The van der Waals surface area contributed by atoms with Crippen molar-refractivity contribution in [3.63, 3.8) is 0 Å². The summed E-state index contributed by atoms with van der Waals surface area (Å²) in [6.45, 7) is 1.91. The van der Waals surface area contributed by atoms with Gasteiger partial charge in [0.15, 0.2) is 0 Å². The molecule has 4 heteroatoms. The molecule has 0 spiro atoms. The van der Waals surface area contributed by atoms with Crippen LogP contribution in [0, 0.1) is 20.8 Å². The van der Waals surface area contributed by atoms with E-state index in [2.05, 4.69) is 40.1 Å². The molecule has 0 saturated carbocycles. The SMILES string of the molecule is CC1=C(C#N)C(c2ccccc2I)C2C(=O)CCC=C2N1. The maximum Gasteiger partial charge on any atom is 0.143 e. The zero-order valence-corrected chi connectivity index (χ0v) is 13.8. The third-order valence-corrected chi connectivity index (χ3v) is 5.16. The van der Waals surface area contributed by atoms with Gasteiger partial charge in [-0.1, -0.05) is 24.3 Å². The summed E-state index contributed by atoms with van der Waals surface area (Å²) in [6, 6.07) is 10.3. The Labute approximate surface area is 137 Å². The molecule has 0 amide bonds. The van der Waals surface area contributed by atoms with Crippen molar-refractivity contribution in [3.05, 3.63) is 56.4 Å². The van der Waals surface area contributed by atoms with Gasteiger partial charge >= 0.3 is 0 Å². The first-order valence-electron chi connectivity index (χ1n) is 6.98. The van der Waals surface area contributed by atoms with E-state index in [4.69, 9.17) is 0 Å². The number of rotatable bonds is 1. The van der Waals surface area contributed by atoms with E-state index >= 15 is 0 Å². The monoisotopic (exact) mass is 390 g/mol. The molecule has 0 aromatic heterocycles. The van der Waals surface area contributed by atoms with E-state index in [0.717, 1.165) is 26.9 Å². The summed E-state index contributed by atoms with van der Waals surface area (Å²) in [5.41, 5.74) is 3.57. The zero-order valence-electron chi connectivity index (χ0n) is 11.7. The normalized spacial score (nSPS) is 24.8. The number of benzene rings is 1. The highest BCUT2D eigenvalue weighted by Crippen LogP contribution is 2.44. The molecule has 0 bridgehead atoms. The quantitative estimate of drug-likeness (QED) is 0.746. The van der Waals surface area contributed by atoms with Crippen molar-refractivity contribution in [1.82, 2.24) is 5.32 Å². The first-order chi connectivity index (χ1) is 10.1. The van der Waals surface area contributed by atoms with Crippen molar-refractivity contribution in [2.24, 2.45) is 5.92 Å². The molecule has 3 rings (SSSR count). The summed E-state index contributed by atoms with van der Waals surface area (Å²) < 4.78 is 1.10. The fourth-order valence-electron chi connectivity index (χ4n) is 3.22. The van der Waals surface area contributed by atoms with Crippen LogP contribution in [-0.2, 0) is 4.79 Å². The van der Waals surface area contributed by atoms with Gasteiger partial charge in [-0.05, 0) is 47.6 Å². The standard InChI is InChI=1S/C17H15IN2O/c1-10-12(9-19)16(11-5-2-3-6-13(11)18)17-14(20-10)7-4-8-15(17)21/h2-3,5-7,16-17,20H,4,8H2,1H3. The van der Waals surface area contributed by atoms with Gasteiger partial charge in [-0.2, -0.15) is 5.26 Å². The minimum atomic E-state index is -0.243. The predicted octanol–water partition coefficient (Wildman–Crippen LogP) is 3.64. The highest BCUT2D eigenvalue weighted by molar-refractivity contribution is 14.1. The van der Waals surface area contributed by atoms with Gasteiger partial charge in [-0.25, -0.2) is 0 Å². The molecule has 1 heterocycles. The number of hydrogen-bond acceptors (Lipinski definition) is 3. The fourth-order valence-corrected chi connectivity index (χ4v) is 3.94. The molecule has 0 radical (unpaired) electrons. The van der Waals surface area contributed by atoms with Crippen molar-refractivity contribution in [3.8, 4) is 6.07 Å². The molecule has 0 fully saturated rings. The highest BCUT2D eigenvalue weighted by atomic mass is 127. The third-order valence-electron chi connectivity index (χ3n) is 4.18. The Hall–Kier alpha value is -1.61. The van der Waals surface area contributed by atoms with Gasteiger partial charge in [0, 0.05) is 27.3 Å². The fraction of sp³-hybridized carbons (Fsp3) is 0.294. The van der Waals surface area contributed by atoms with Crippen LogP contribution < -0.4 is 5.32 Å². The molecule has 1 aliphatic carbocycles. The highest BCUT2D eigenvalue weighted by Gasteiger charge is 2.41. The van der Waals surface area contributed by atoms with Gasteiger partial charge in [0.25, 0.3) is 0 Å². The lowest BCUT2D eigenvalue weighted by Crippen LogP contribution is -2.38. The van der Waals surface area contributed by atoms with Gasteiger partial charge < -0.3 is 5.32 Å². The Morgan fingerprint density at radius 2 is 2.10 bits per heavy atom. The van der Waals surface area contributed by atoms with Crippen LogP contribution in [0.5, 0.6) is 0 Å². The topological polar surface area (TPSA) is 52.9 Å². The van der Waals surface area contributed by atoms with Crippen molar-refractivity contribution >= 4 is 28.4 Å². The number of allylic oxidation sites excluding steroid dienone is 4. The smallest absolute Gasteiger partial charge is 0.143 e. The minimum Gasteiger partial charge on any atom is -0.361 e. The van der Waals surface area contributed by atoms with Crippen LogP contribution in [0.3, 0.4) is 0 Å². The van der Waals surface area contributed by atoms with Gasteiger partial charge in [-0.15, -0.1) is 0 Å². The summed E-state index contributed by atoms with van der Waals surface area (Å²) in [4.78, 5) is 12.5. The number of carbonyl (C=O) groups is 1. The number of Topliss-reactive ketones (excluding diaryl/α,β-unsaturated/α-hetero) is 1. The number of halogens is 1. The van der Waals surface area contributed by atoms with Gasteiger partial charge in [0.05, 0.1) is 17.6 Å². The van der Waals surface area contributed by atoms with E-state index in [1.165, 1.54) is 0 Å². The van der Waals surface area contributed by atoms with Gasteiger partial charge in [0.1, 0.15) is 5.78 Å². The van der Waals surface area contributed by atoms with E-state index < -0.39 is 0 Å². The summed E-state index contributed by atoms with van der Waals surface area (Å²) >= 11 is 2.28. The van der Waals surface area contributed by atoms with E-state index in [-0.39, 0.29) is 17.6 Å². The number of carbonyl (C=O) groups excluding carboxylic acids is 1. The summed E-state index contributed by atoms with van der Waals surface area (Å²) in [7, 11) is 0. The number of nitrogens with one attached hydrogen (secondary N) is 1. The Bertz CT molecular complexity index is 712. The van der Waals surface area contributed by atoms with Gasteiger partial charge in [0.2, 0.25) is 0 Å². The van der Waals surface area contributed by atoms with Crippen LogP contribution in [0.25, 0.3) is 0 Å². The van der Waals surface area contributed by atoms with Crippen LogP contribution in [0.1, 0.15) is 31.2 Å². The number of nitriles is 1. The first-order valence-corrected chi connectivity index (χ1v) is 8.06. The number of ketones is 1. The molecule has 2 unspecified atom stereocenters. The lowest BCUT2D eigenvalue weighted by atomic mass is 9.71. The minimum absolute atomic E-state index is 0.164. The second-order valence-corrected chi connectivity index (χ2v) is 6.58. The molecule has 0 saturated heterocycles. The van der Waals surface area contributed by atoms with E-state index in [0.29, 0.717) is 12.0 Å². The van der Waals surface area contributed by atoms with Crippen molar-refractivity contribution in [2.75, 3.05) is 0 Å². The van der Waals surface area contributed by atoms with Crippen LogP contribution >= 0.6 is 22.6 Å². The number of nitrogens with zero attached hydrogens (tertiary/aromatic N) is 1. The molecule has 106 valence electrons. The molecule has 1 aromatic carbocycles. The van der Waals surface area contributed by atoms with Crippen LogP contribution in [0.2, 0.25) is 0 Å². The maximum atomic E-state index is 12.5. The van der Waals surface area contributed by atoms with Crippen molar-refractivity contribution in [2.45, 2.75) is 25.7 Å². The Morgan fingerprint density at radius 1 is 1.33 bits per heavy atom. The average molecular weight is 390 g/mol. The van der Waals surface area contributed by atoms with Crippen LogP contribution in [0.15, 0.2) is 47.3 Å². The predicted molar refractivity (Wildman–Crippen MR) is 89.2 cm³/mol.